The SMILES string of the molecule is Cn1ncc2c(NCCNC(=O)C[C@H]3C[C@H]4CC[C@H]3C4)ncnc21. The smallest absolute Gasteiger partial charge is 0.220 e. The van der Waals surface area contributed by atoms with E-state index in [1.807, 2.05) is 7.05 Å². The van der Waals surface area contributed by atoms with Crippen molar-refractivity contribution >= 4 is 22.8 Å². The fourth-order valence-electron chi connectivity index (χ4n) is 4.42. The summed E-state index contributed by atoms with van der Waals surface area (Å²) < 4.78 is 1.72. The standard InChI is InChI=1S/C17H24N6O/c1-23-17-14(9-22-23)16(20-10-21-17)19-5-4-18-15(24)8-13-7-11-2-3-12(13)6-11/h9-13H,2-8H2,1H3,(H,18,24)(H,19,20,21)/t11-,12-,13+/m0/s1. The molecule has 0 aromatic carbocycles. The average molecular weight is 328 g/mol. The third-order valence-corrected chi connectivity index (χ3v) is 5.60. The van der Waals surface area contributed by atoms with Crippen LogP contribution >= 0.6 is 0 Å². The molecule has 2 heterocycles. The van der Waals surface area contributed by atoms with Crippen molar-refractivity contribution in [3.05, 3.63) is 12.5 Å². The summed E-state index contributed by atoms with van der Waals surface area (Å²) in [5.41, 5.74) is 0.799. The highest BCUT2D eigenvalue weighted by molar-refractivity contribution is 5.86. The number of aryl methyl sites for hydroxylation is 1. The van der Waals surface area contributed by atoms with Gasteiger partial charge in [0.1, 0.15) is 12.1 Å². The van der Waals surface area contributed by atoms with Crippen LogP contribution in [0.3, 0.4) is 0 Å². The van der Waals surface area contributed by atoms with Crippen molar-refractivity contribution in [3.63, 3.8) is 0 Å². The van der Waals surface area contributed by atoms with Gasteiger partial charge in [-0.3, -0.25) is 9.48 Å². The summed E-state index contributed by atoms with van der Waals surface area (Å²) in [6.45, 7) is 1.24. The maximum absolute atomic E-state index is 12.1. The summed E-state index contributed by atoms with van der Waals surface area (Å²) in [7, 11) is 1.86. The maximum atomic E-state index is 12.1. The number of aromatic nitrogens is 4. The Morgan fingerprint density at radius 3 is 3.00 bits per heavy atom. The van der Waals surface area contributed by atoms with Crippen LogP contribution in [-0.2, 0) is 11.8 Å². The van der Waals surface area contributed by atoms with E-state index in [9.17, 15) is 4.79 Å². The van der Waals surface area contributed by atoms with Crippen LogP contribution in [0.5, 0.6) is 0 Å². The van der Waals surface area contributed by atoms with E-state index in [1.54, 1.807) is 10.9 Å². The molecule has 2 fully saturated rings. The Hall–Kier alpha value is -2.18. The van der Waals surface area contributed by atoms with Gasteiger partial charge in [-0.05, 0) is 37.0 Å². The van der Waals surface area contributed by atoms with E-state index in [1.165, 1.54) is 32.0 Å². The lowest BCUT2D eigenvalue weighted by Gasteiger charge is -2.20. The van der Waals surface area contributed by atoms with Gasteiger partial charge in [0.25, 0.3) is 0 Å². The lowest BCUT2D eigenvalue weighted by atomic mass is 9.86. The maximum Gasteiger partial charge on any atom is 0.220 e. The van der Waals surface area contributed by atoms with Crippen LogP contribution < -0.4 is 10.6 Å². The molecule has 0 aliphatic heterocycles. The normalized spacial score (nSPS) is 25.3. The molecular formula is C17H24N6O. The number of amides is 1. The average Bonchev–Trinajstić information content (AvgIpc) is 3.28. The van der Waals surface area contributed by atoms with E-state index in [-0.39, 0.29) is 5.91 Å². The van der Waals surface area contributed by atoms with Crippen LogP contribution in [0.1, 0.15) is 32.1 Å². The molecule has 2 aromatic heterocycles. The van der Waals surface area contributed by atoms with Crippen molar-refractivity contribution in [1.82, 2.24) is 25.1 Å². The van der Waals surface area contributed by atoms with Gasteiger partial charge >= 0.3 is 0 Å². The van der Waals surface area contributed by atoms with Crippen LogP contribution in [0.2, 0.25) is 0 Å². The van der Waals surface area contributed by atoms with Gasteiger partial charge in [-0.15, -0.1) is 0 Å². The quantitative estimate of drug-likeness (QED) is 0.789. The van der Waals surface area contributed by atoms with Gasteiger partial charge in [-0.1, -0.05) is 6.42 Å². The molecule has 128 valence electrons. The molecule has 3 atom stereocenters. The predicted molar refractivity (Wildman–Crippen MR) is 91.4 cm³/mol. The first-order valence-electron chi connectivity index (χ1n) is 8.84. The summed E-state index contributed by atoms with van der Waals surface area (Å²) >= 11 is 0. The zero-order valence-electron chi connectivity index (χ0n) is 14.0. The van der Waals surface area contributed by atoms with Gasteiger partial charge in [0.15, 0.2) is 5.65 Å². The summed E-state index contributed by atoms with van der Waals surface area (Å²) in [5, 5.41) is 11.4. The first-order valence-corrected chi connectivity index (χ1v) is 8.84. The monoisotopic (exact) mass is 328 g/mol. The molecule has 24 heavy (non-hydrogen) atoms. The van der Waals surface area contributed by atoms with Crippen molar-refractivity contribution in [2.24, 2.45) is 24.8 Å². The number of nitrogens with one attached hydrogen (secondary N) is 2. The predicted octanol–water partition coefficient (Wildman–Crippen LogP) is 1.72. The van der Waals surface area contributed by atoms with Gasteiger partial charge in [-0.2, -0.15) is 5.10 Å². The minimum absolute atomic E-state index is 0.184. The minimum atomic E-state index is 0.184. The van der Waals surface area contributed by atoms with Gasteiger partial charge in [-0.25, -0.2) is 9.97 Å². The molecule has 2 aliphatic rings. The number of hydrogen-bond acceptors (Lipinski definition) is 5. The van der Waals surface area contributed by atoms with Gasteiger partial charge < -0.3 is 10.6 Å². The second-order valence-electron chi connectivity index (χ2n) is 7.14. The van der Waals surface area contributed by atoms with Crippen LogP contribution in [0.25, 0.3) is 11.0 Å². The van der Waals surface area contributed by atoms with E-state index in [0.29, 0.717) is 25.4 Å². The Labute approximate surface area is 141 Å². The Morgan fingerprint density at radius 2 is 2.21 bits per heavy atom. The third-order valence-electron chi connectivity index (χ3n) is 5.60. The van der Waals surface area contributed by atoms with E-state index < -0.39 is 0 Å². The van der Waals surface area contributed by atoms with E-state index >= 15 is 0 Å². The van der Waals surface area contributed by atoms with Crippen molar-refractivity contribution < 1.29 is 4.79 Å². The molecule has 7 nitrogen and oxygen atoms in total. The second kappa shape index (κ2) is 6.37. The molecule has 2 bridgehead atoms. The van der Waals surface area contributed by atoms with E-state index in [4.69, 9.17) is 0 Å². The van der Waals surface area contributed by atoms with Crippen LogP contribution in [0.4, 0.5) is 5.82 Å². The number of carbonyl (C=O) groups is 1. The first kappa shape index (κ1) is 15.4. The minimum Gasteiger partial charge on any atom is -0.368 e. The number of carbonyl (C=O) groups excluding carboxylic acids is 1. The highest BCUT2D eigenvalue weighted by atomic mass is 16.1. The molecule has 2 aliphatic carbocycles. The largest absolute Gasteiger partial charge is 0.368 e. The summed E-state index contributed by atoms with van der Waals surface area (Å²) in [6.07, 6.45) is 9.31. The van der Waals surface area contributed by atoms with Crippen LogP contribution in [-0.4, -0.2) is 38.7 Å². The molecule has 7 heteroatoms. The first-order chi connectivity index (χ1) is 11.7. The molecule has 0 radical (unpaired) electrons. The number of nitrogens with zero attached hydrogens (tertiary/aromatic N) is 4. The summed E-state index contributed by atoms with van der Waals surface area (Å²) in [5.74, 6) is 3.26. The van der Waals surface area contributed by atoms with Gasteiger partial charge in [0.2, 0.25) is 5.91 Å². The lowest BCUT2D eigenvalue weighted by Crippen LogP contribution is -2.31. The van der Waals surface area contributed by atoms with Crippen molar-refractivity contribution in [1.29, 1.82) is 0 Å². The fourth-order valence-corrected chi connectivity index (χ4v) is 4.42. The highest BCUT2D eigenvalue weighted by Gasteiger charge is 2.39. The highest BCUT2D eigenvalue weighted by Crippen LogP contribution is 2.49. The molecule has 2 saturated carbocycles. The lowest BCUT2D eigenvalue weighted by molar-refractivity contribution is -0.122. The number of anilines is 1. The Bertz CT molecular complexity index is 742. The molecular weight excluding hydrogens is 304 g/mol. The Balaban J connectivity index is 1.23. The molecule has 0 spiro atoms. The van der Waals surface area contributed by atoms with Crippen molar-refractivity contribution in [2.45, 2.75) is 32.1 Å². The topological polar surface area (TPSA) is 84.7 Å². The molecule has 4 rings (SSSR count). The fraction of sp³-hybridized carbons (Fsp3) is 0.647. The third kappa shape index (κ3) is 2.95. The summed E-state index contributed by atoms with van der Waals surface area (Å²) in [6, 6.07) is 0. The number of fused-ring (bicyclic) bond motifs is 3. The number of hydrogen-bond donors (Lipinski definition) is 2. The van der Waals surface area contributed by atoms with Gasteiger partial charge in [0.05, 0.1) is 11.6 Å². The number of rotatable bonds is 6. The second-order valence-corrected chi connectivity index (χ2v) is 7.14. The van der Waals surface area contributed by atoms with E-state index in [0.717, 1.165) is 28.7 Å². The molecule has 0 saturated heterocycles. The summed E-state index contributed by atoms with van der Waals surface area (Å²) in [4.78, 5) is 20.6. The van der Waals surface area contributed by atoms with Gasteiger partial charge in [0, 0.05) is 26.6 Å². The molecule has 2 N–H and O–H groups in total. The van der Waals surface area contributed by atoms with E-state index in [2.05, 4.69) is 25.7 Å². The Kier molecular flexibility index (Phi) is 4.08. The molecule has 0 unspecified atom stereocenters. The molecule has 2 aromatic rings. The zero-order valence-corrected chi connectivity index (χ0v) is 14.0. The van der Waals surface area contributed by atoms with Crippen LogP contribution in [0, 0.1) is 17.8 Å². The van der Waals surface area contributed by atoms with Crippen molar-refractivity contribution in [2.75, 3.05) is 18.4 Å². The van der Waals surface area contributed by atoms with Crippen molar-refractivity contribution in [3.8, 4) is 0 Å². The zero-order chi connectivity index (χ0) is 16.5. The Morgan fingerprint density at radius 1 is 1.29 bits per heavy atom. The molecule has 1 amide bonds. The van der Waals surface area contributed by atoms with Crippen LogP contribution in [0.15, 0.2) is 12.5 Å².